The van der Waals surface area contributed by atoms with Gasteiger partial charge < -0.3 is 4.57 Å². The molecular formula is C17H19IN2O3S. The molecule has 7 heteroatoms. The third-order valence-corrected chi connectivity index (χ3v) is 5.46. The molecule has 1 aromatic carbocycles. The second-order valence-electron chi connectivity index (χ2n) is 5.43. The van der Waals surface area contributed by atoms with E-state index in [1.165, 1.54) is 12.1 Å². The summed E-state index contributed by atoms with van der Waals surface area (Å²) >= 11 is 2.15. The Morgan fingerprint density at radius 2 is 1.88 bits per heavy atom. The lowest BCUT2D eigenvalue weighted by molar-refractivity contribution is -0.121. The molecule has 0 fully saturated rings. The van der Waals surface area contributed by atoms with Gasteiger partial charge in [0.25, 0.3) is 10.0 Å². The van der Waals surface area contributed by atoms with Gasteiger partial charge in [0.1, 0.15) is 5.49 Å². The lowest BCUT2D eigenvalue weighted by Gasteiger charge is -2.14. The SMILES string of the molecule is Cc1ccc(S(=O)(=O)N=c2ccccn2C(C)C(=O)CCI)cc1. The summed E-state index contributed by atoms with van der Waals surface area (Å²) in [6.07, 6.45) is 2.12. The number of Topliss-reactive ketones (excluding diaryl/α,β-unsaturated/α-hetero) is 1. The normalized spacial score (nSPS) is 13.7. The lowest BCUT2D eigenvalue weighted by atomic mass is 10.1. The number of halogens is 1. The highest BCUT2D eigenvalue weighted by atomic mass is 127. The molecule has 0 N–H and O–H groups in total. The maximum Gasteiger partial charge on any atom is 0.284 e. The lowest BCUT2D eigenvalue weighted by Crippen LogP contribution is -2.29. The monoisotopic (exact) mass is 458 g/mol. The van der Waals surface area contributed by atoms with Gasteiger partial charge in [0.15, 0.2) is 5.78 Å². The van der Waals surface area contributed by atoms with Gasteiger partial charge in [-0.3, -0.25) is 4.79 Å². The van der Waals surface area contributed by atoms with Gasteiger partial charge in [0.2, 0.25) is 0 Å². The molecule has 1 unspecified atom stereocenters. The molecular weight excluding hydrogens is 439 g/mol. The zero-order valence-corrected chi connectivity index (χ0v) is 16.5. The summed E-state index contributed by atoms with van der Waals surface area (Å²) in [7, 11) is -3.83. The van der Waals surface area contributed by atoms with Crippen molar-refractivity contribution in [3.8, 4) is 0 Å². The van der Waals surface area contributed by atoms with Crippen molar-refractivity contribution in [3.63, 3.8) is 0 Å². The summed E-state index contributed by atoms with van der Waals surface area (Å²) in [5, 5.41) is 0. The molecule has 0 bridgehead atoms. The topological polar surface area (TPSA) is 68.5 Å². The molecule has 24 heavy (non-hydrogen) atoms. The highest BCUT2D eigenvalue weighted by molar-refractivity contribution is 14.1. The Balaban J connectivity index is 2.50. The maximum atomic E-state index is 12.5. The highest BCUT2D eigenvalue weighted by Gasteiger charge is 2.16. The Morgan fingerprint density at radius 3 is 2.50 bits per heavy atom. The first-order valence-electron chi connectivity index (χ1n) is 7.48. The number of carbonyl (C=O) groups excluding carboxylic acids is 1. The quantitative estimate of drug-likeness (QED) is 0.494. The maximum absolute atomic E-state index is 12.5. The highest BCUT2D eigenvalue weighted by Crippen LogP contribution is 2.13. The first-order valence-corrected chi connectivity index (χ1v) is 10.5. The number of nitrogens with zero attached hydrogens (tertiary/aromatic N) is 2. The Labute approximate surface area is 155 Å². The molecule has 2 aromatic rings. The Kier molecular flexibility index (Phi) is 6.34. The Bertz CT molecular complexity index is 887. The summed E-state index contributed by atoms with van der Waals surface area (Å²) in [5.74, 6) is 0.0461. The second-order valence-corrected chi connectivity index (χ2v) is 8.11. The van der Waals surface area contributed by atoms with Crippen LogP contribution in [0.4, 0.5) is 0 Å². The summed E-state index contributed by atoms with van der Waals surface area (Å²) in [5.41, 5.74) is 1.22. The van der Waals surface area contributed by atoms with Gasteiger partial charge in [-0.1, -0.05) is 46.4 Å². The molecule has 1 heterocycles. The van der Waals surface area contributed by atoms with Gasteiger partial charge >= 0.3 is 0 Å². The van der Waals surface area contributed by atoms with Crippen molar-refractivity contribution in [2.24, 2.45) is 4.40 Å². The standard InChI is InChI=1S/C17H19IN2O3S/c1-13-6-8-15(9-7-13)24(22,23)19-17-5-3-4-12-20(17)14(2)16(21)10-11-18/h3-9,12,14H,10-11H2,1-2H3. The molecule has 5 nitrogen and oxygen atoms in total. The molecule has 0 saturated heterocycles. The molecule has 0 radical (unpaired) electrons. The van der Waals surface area contributed by atoms with Gasteiger partial charge in [-0.2, -0.15) is 8.42 Å². The van der Waals surface area contributed by atoms with Gasteiger partial charge in [0, 0.05) is 17.0 Å². The molecule has 0 spiro atoms. The van der Waals surface area contributed by atoms with Crippen LogP contribution in [-0.4, -0.2) is 23.2 Å². The van der Waals surface area contributed by atoms with E-state index < -0.39 is 16.1 Å². The molecule has 1 atom stereocenters. The van der Waals surface area contributed by atoms with Crippen molar-refractivity contribution >= 4 is 38.4 Å². The van der Waals surface area contributed by atoms with Crippen LogP contribution in [0, 0.1) is 6.92 Å². The number of carbonyl (C=O) groups is 1. The molecule has 0 amide bonds. The van der Waals surface area contributed by atoms with Gasteiger partial charge in [-0.05, 0) is 38.1 Å². The van der Waals surface area contributed by atoms with E-state index in [1.807, 2.05) is 6.92 Å². The zero-order chi connectivity index (χ0) is 17.7. The fourth-order valence-electron chi connectivity index (χ4n) is 2.19. The van der Waals surface area contributed by atoms with Gasteiger partial charge in [-0.15, -0.1) is 4.40 Å². The second kappa shape index (κ2) is 8.06. The van der Waals surface area contributed by atoms with E-state index in [9.17, 15) is 13.2 Å². The number of ketones is 1. The van der Waals surface area contributed by atoms with Crippen molar-refractivity contribution in [2.45, 2.75) is 31.2 Å². The summed E-state index contributed by atoms with van der Waals surface area (Å²) in [4.78, 5) is 12.3. The predicted molar refractivity (Wildman–Crippen MR) is 102 cm³/mol. The van der Waals surface area contributed by atoms with Crippen LogP contribution >= 0.6 is 22.6 Å². The van der Waals surface area contributed by atoms with Crippen LogP contribution in [-0.2, 0) is 14.8 Å². The van der Waals surface area contributed by atoms with Crippen molar-refractivity contribution in [2.75, 3.05) is 4.43 Å². The minimum absolute atomic E-state index is 0.0461. The molecule has 2 rings (SSSR count). The van der Waals surface area contributed by atoms with Gasteiger partial charge in [-0.25, -0.2) is 0 Å². The molecule has 0 saturated carbocycles. The number of aryl methyl sites for hydroxylation is 1. The first-order chi connectivity index (χ1) is 11.3. The Morgan fingerprint density at radius 1 is 1.21 bits per heavy atom. The molecule has 0 aliphatic rings. The van der Waals surface area contributed by atoms with Crippen molar-refractivity contribution < 1.29 is 13.2 Å². The number of benzene rings is 1. The van der Waals surface area contributed by atoms with Crippen molar-refractivity contribution in [3.05, 3.63) is 59.7 Å². The van der Waals surface area contributed by atoms with Crippen LogP contribution in [0.3, 0.4) is 0 Å². The fourth-order valence-corrected chi connectivity index (χ4v) is 3.71. The van der Waals surface area contributed by atoms with E-state index in [4.69, 9.17) is 0 Å². The van der Waals surface area contributed by atoms with Crippen LogP contribution in [0.1, 0.15) is 24.9 Å². The first kappa shape index (κ1) is 18.9. The fraction of sp³-hybridized carbons (Fsp3) is 0.294. The summed E-state index contributed by atoms with van der Waals surface area (Å²) in [6, 6.07) is 11.1. The minimum atomic E-state index is -3.83. The van der Waals surface area contributed by atoms with Crippen LogP contribution in [0.25, 0.3) is 0 Å². The summed E-state index contributed by atoms with van der Waals surface area (Å²) < 4.78 is 31.3. The largest absolute Gasteiger partial charge is 0.322 e. The number of hydrogen-bond acceptors (Lipinski definition) is 3. The Hall–Kier alpha value is -1.48. The van der Waals surface area contributed by atoms with Crippen molar-refractivity contribution in [1.82, 2.24) is 4.57 Å². The summed E-state index contributed by atoms with van der Waals surface area (Å²) in [6.45, 7) is 3.64. The number of alkyl halides is 1. The number of hydrogen-bond donors (Lipinski definition) is 0. The molecule has 0 aliphatic heterocycles. The van der Waals surface area contributed by atoms with E-state index >= 15 is 0 Å². The van der Waals surface area contributed by atoms with E-state index in [0.29, 0.717) is 6.42 Å². The number of pyridine rings is 1. The third-order valence-electron chi connectivity index (χ3n) is 3.62. The van der Waals surface area contributed by atoms with Crippen LogP contribution < -0.4 is 5.49 Å². The van der Waals surface area contributed by atoms with E-state index in [1.54, 1.807) is 48.0 Å². The number of rotatable bonds is 6. The third kappa shape index (κ3) is 4.54. The minimum Gasteiger partial charge on any atom is -0.322 e. The van der Waals surface area contributed by atoms with Crippen LogP contribution in [0.15, 0.2) is 58.0 Å². The average Bonchev–Trinajstić information content (AvgIpc) is 2.55. The van der Waals surface area contributed by atoms with E-state index in [-0.39, 0.29) is 16.2 Å². The van der Waals surface area contributed by atoms with Crippen molar-refractivity contribution in [1.29, 1.82) is 0 Å². The number of sulfonamides is 1. The number of aromatic nitrogens is 1. The van der Waals surface area contributed by atoms with Crippen LogP contribution in [0.5, 0.6) is 0 Å². The predicted octanol–water partition coefficient (Wildman–Crippen LogP) is 3.04. The zero-order valence-electron chi connectivity index (χ0n) is 13.5. The smallest absolute Gasteiger partial charge is 0.284 e. The van der Waals surface area contributed by atoms with E-state index in [0.717, 1.165) is 9.99 Å². The van der Waals surface area contributed by atoms with Gasteiger partial charge in [0.05, 0.1) is 10.9 Å². The van der Waals surface area contributed by atoms with Crippen LogP contribution in [0.2, 0.25) is 0 Å². The van der Waals surface area contributed by atoms with E-state index in [2.05, 4.69) is 27.0 Å². The molecule has 0 aliphatic carbocycles. The molecule has 128 valence electrons. The molecule has 1 aromatic heterocycles. The average molecular weight is 458 g/mol.